The summed E-state index contributed by atoms with van der Waals surface area (Å²) in [6.07, 6.45) is 3.19. The van der Waals surface area contributed by atoms with E-state index in [1.54, 1.807) is 0 Å². The van der Waals surface area contributed by atoms with E-state index in [1.807, 2.05) is 12.1 Å². The van der Waals surface area contributed by atoms with Crippen molar-refractivity contribution in [1.82, 2.24) is 10.9 Å². The molecule has 4 nitrogen and oxygen atoms in total. The van der Waals surface area contributed by atoms with Crippen LogP contribution in [0.25, 0.3) is 0 Å². The van der Waals surface area contributed by atoms with Gasteiger partial charge in [0.05, 0.1) is 6.42 Å². The Hall–Kier alpha value is -1.84. The lowest BCUT2D eigenvalue weighted by Crippen LogP contribution is -2.43. The van der Waals surface area contributed by atoms with Gasteiger partial charge in [-0.3, -0.25) is 20.4 Å². The van der Waals surface area contributed by atoms with Crippen LogP contribution in [-0.2, 0) is 22.4 Å². The number of amides is 2. The summed E-state index contributed by atoms with van der Waals surface area (Å²) in [5.41, 5.74) is 7.16. The minimum atomic E-state index is -0.185. The highest BCUT2D eigenvalue weighted by atomic mass is 16.2. The fraction of sp³-hybridized carbons (Fsp3) is 0.500. The zero-order valence-corrected chi connectivity index (χ0v) is 12.1. The molecule has 0 saturated heterocycles. The minimum Gasteiger partial charge on any atom is -0.273 e. The number of carbonyl (C=O) groups is 2. The number of rotatable bonds is 5. The second-order valence-electron chi connectivity index (χ2n) is 5.90. The third kappa shape index (κ3) is 4.68. The first kappa shape index (κ1) is 14.6. The molecule has 1 fully saturated rings. The Morgan fingerprint density at radius 2 is 1.70 bits per heavy atom. The van der Waals surface area contributed by atoms with E-state index in [1.165, 1.54) is 5.56 Å². The van der Waals surface area contributed by atoms with Gasteiger partial charge in [-0.05, 0) is 36.3 Å². The quantitative estimate of drug-likeness (QED) is 0.807. The number of hydrazine groups is 1. The first-order chi connectivity index (χ1) is 9.54. The smallest absolute Gasteiger partial charge is 0.242 e. The summed E-state index contributed by atoms with van der Waals surface area (Å²) >= 11 is 0. The molecule has 0 spiro atoms. The lowest BCUT2D eigenvalue weighted by molar-refractivity contribution is -0.129. The summed E-state index contributed by atoms with van der Waals surface area (Å²) in [6, 6.07) is 8.07. The Morgan fingerprint density at radius 3 is 2.25 bits per heavy atom. The molecular formula is C16H22N2O2. The minimum absolute atomic E-state index is 0.0781. The standard InChI is InChI=1S/C16H22N2O2/c1-11(2)9-12-3-5-13(6-4-12)10-15(19)17-18-16(20)14-7-8-14/h3-6,11,14H,7-10H2,1-2H3,(H,17,19)(H,18,20). The average molecular weight is 274 g/mol. The Labute approximate surface area is 119 Å². The maximum Gasteiger partial charge on any atom is 0.242 e. The van der Waals surface area contributed by atoms with E-state index < -0.39 is 0 Å². The molecule has 2 rings (SSSR count). The molecule has 0 radical (unpaired) electrons. The number of benzene rings is 1. The fourth-order valence-electron chi connectivity index (χ4n) is 2.07. The van der Waals surface area contributed by atoms with E-state index in [9.17, 15) is 9.59 Å². The maximum atomic E-state index is 11.7. The van der Waals surface area contributed by atoms with Gasteiger partial charge in [0.15, 0.2) is 0 Å². The zero-order valence-electron chi connectivity index (χ0n) is 12.1. The molecule has 0 heterocycles. The molecule has 0 aliphatic heterocycles. The summed E-state index contributed by atoms with van der Waals surface area (Å²) in [5.74, 6) is 0.466. The Balaban J connectivity index is 1.76. The van der Waals surface area contributed by atoms with Crippen LogP contribution in [0.1, 0.15) is 37.8 Å². The third-order valence-electron chi connectivity index (χ3n) is 3.30. The van der Waals surface area contributed by atoms with Crippen molar-refractivity contribution in [3.63, 3.8) is 0 Å². The van der Waals surface area contributed by atoms with Gasteiger partial charge in [0.25, 0.3) is 0 Å². The molecule has 0 aromatic heterocycles. The van der Waals surface area contributed by atoms with Gasteiger partial charge < -0.3 is 0 Å². The maximum absolute atomic E-state index is 11.7. The lowest BCUT2D eigenvalue weighted by Gasteiger charge is -2.08. The molecular weight excluding hydrogens is 252 g/mol. The van der Waals surface area contributed by atoms with Crippen molar-refractivity contribution in [3.8, 4) is 0 Å². The Bertz CT molecular complexity index is 476. The molecule has 0 unspecified atom stereocenters. The first-order valence-corrected chi connectivity index (χ1v) is 7.21. The van der Waals surface area contributed by atoms with Crippen molar-refractivity contribution >= 4 is 11.8 Å². The van der Waals surface area contributed by atoms with Crippen molar-refractivity contribution in [3.05, 3.63) is 35.4 Å². The van der Waals surface area contributed by atoms with Crippen LogP contribution in [0.4, 0.5) is 0 Å². The molecule has 0 atom stereocenters. The normalized spacial score (nSPS) is 14.2. The molecule has 108 valence electrons. The van der Waals surface area contributed by atoms with E-state index in [2.05, 4.69) is 36.8 Å². The van der Waals surface area contributed by atoms with Crippen molar-refractivity contribution < 1.29 is 9.59 Å². The van der Waals surface area contributed by atoms with Gasteiger partial charge in [0, 0.05) is 5.92 Å². The summed E-state index contributed by atoms with van der Waals surface area (Å²) < 4.78 is 0. The summed E-state index contributed by atoms with van der Waals surface area (Å²) in [6.45, 7) is 4.37. The van der Waals surface area contributed by atoms with E-state index in [-0.39, 0.29) is 24.2 Å². The van der Waals surface area contributed by atoms with Crippen molar-refractivity contribution in [2.75, 3.05) is 0 Å². The molecule has 4 heteroatoms. The van der Waals surface area contributed by atoms with E-state index >= 15 is 0 Å². The van der Waals surface area contributed by atoms with E-state index in [0.717, 1.165) is 24.8 Å². The largest absolute Gasteiger partial charge is 0.273 e. The molecule has 2 amide bonds. The molecule has 20 heavy (non-hydrogen) atoms. The third-order valence-corrected chi connectivity index (χ3v) is 3.30. The Kier molecular flexibility index (Phi) is 4.77. The van der Waals surface area contributed by atoms with Gasteiger partial charge >= 0.3 is 0 Å². The predicted molar refractivity (Wildman–Crippen MR) is 77.7 cm³/mol. The summed E-state index contributed by atoms with van der Waals surface area (Å²) in [7, 11) is 0. The van der Waals surface area contributed by atoms with Gasteiger partial charge in [-0.15, -0.1) is 0 Å². The van der Waals surface area contributed by atoms with Gasteiger partial charge in [0.1, 0.15) is 0 Å². The number of hydrogen-bond donors (Lipinski definition) is 2. The highest BCUT2D eigenvalue weighted by molar-refractivity contribution is 5.85. The molecule has 1 aliphatic carbocycles. The van der Waals surface area contributed by atoms with Crippen LogP contribution in [0, 0.1) is 11.8 Å². The fourth-order valence-corrected chi connectivity index (χ4v) is 2.07. The second-order valence-corrected chi connectivity index (χ2v) is 5.90. The summed E-state index contributed by atoms with van der Waals surface area (Å²) in [4.78, 5) is 23.1. The van der Waals surface area contributed by atoms with Crippen LogP contribution in [0.3, 0.4) is 0 Å². The highest BCUT2D eigenvalue weighted by Gasteiger charge is 2.29. The highest BCUT2D eigenvalue weighted by Crippen LogP contribution is 2.28. The average Bonchev–Trinajstić information content (AvgIpc) is 3.22. The Morgan fingerprint density at radius 1 is 1.10 bits per heavy atom. The predicted octanol–water partition coefficient (Wildman–Crippen LogP) is 1.98. The number of carbonyl (C=O) groups excluding carboxylic acids is 2. The van der Waals surface area contributed by atoms with E-state index in [4.69, 9.17) is 0 Å². The van der Waals surface area contributed by atoms with Crippen LogP contribution < -0.4 is 10.9 Å². The van der Waals surface area contributed by atoms with Gasteiger partial charge in [-0.1, -0.05) is 38.1 Å². The van der Waals surface area contributed by atoms with Crippen molar-refractivity contribution in [1.29, 1.82) is 0 Å². The van der Waals surface area contributed by atoms with Crippen LogP contribution in [-0.4, -0.2) is 11.8 Å². The topological polar surface area (TPSA) is 58.2 Å². The van der Waals surface area contributed by atoms with Crippen LogP contribution in [0.5, 0.6) is 0 Å². The van der Waals surface area contributed by atoms with Crippen molar-refractivity contribution in [2.24, 2.45) is 11.8 Å². The SMILES string of the molecule is CC(C)Cc1ccc(CC(=O)NNC(=O)C2CC2)cc1. The molecule has 0 bridgehead atoms. The van der Waals surface area contributed by atoms with Crippen LogP contribution >= 0.6 is 0 Å². The second kappa shape index (κ2) is 6.55. The molecule has 1 aromatic carbocycles. The van der Waals surface area contributed by atoms with Gasteiger partial charge in [0.2, 0.25) is 11.8 Å². The molecule has 1 aliphatic rings. The zero-order chi connectivity index (χ0) is 14.5. The summed E-state index contributed by atoms with van der Waals surface area (Å²) in [5, 5.41) is 0. The monoisotopic (exact) mass is 274 g/mol. The van der Waals surface area contributed by atoms with Crippen molar-refractivity contribution in [2.45, 2.75) is 39.5 Å². The molecule has 1 aromatic rings. The van der Waals surface area contributed by atoms with Crippen LogP contribution in [0.15, 0.2) is 24.3 Å². The number of nitrogens with one attached hydrogen (secondary N) is 2. The lowest BCUT2D eigenvalue weighted by atomic mass is 10.0. The molecule has 1 saturated carbocycles. The first-order valence-electron chi connectivity index (χ1n) is 7.21. The number of hydrogen-bond acceptors (Lipinski definition) is 2. The van der Waals surface area contributed by atoms with E-state index in [0.29, 0.717) is 5.92 Å². The van der Waals surface area contributed by atoms with Gasteiger partial charge in [-0.25, -0.2) is 0 Å². The van der Waals surface area contributed by atoms with Gasteiger partial charge in [-0.2, -0.15) is 0 Å². The molecule has 2 N–H and O–H groups in total. The van der Waals surface area contributed by atoms with Crippen LogP contribution in [0.2, 0.25) is 0 Å².